The van der Waals surface area contributed by atoms with E-state index in [9.17, 15) is 53.5 Å². The lowest BCUT2D eigenvalue weighted by Crippen LogP contribution is -2.50. The Hall–Kier alpha value is -2.54. The molecule has 0 aromatic heterocycles. The van der Waals surface area contributed by atoms with E-state index in [0.717, 1.165) is 18.2 Å². The van der Waals surface area contributed by atoms with E-state index in [1.807, 2.05) is 0 Å². The van der Waals surface area contributed by atoms with E-state index in [4.69, 9.17) is 0 Å². The molecule has 1 aromatic rings. The second-order valence-electron chi connectivity index (χ2n) is 5.54. The van der Waals surface area contributed by atoms with Crippen LogP contribution in [-0.4, -0.2) is 42.6 Å². The summed E-state index contributed by atoms with van der Waals surface area (Å²) in [4.78, 5) is 21.9. The number of alkyl halides is 10. The summed E-state index contributed by atoms with van der Waals surface area (Å²) in [6.45, 7) is -0.624. The average Bonchev–Trinajstić information content (AvgIpc) is 2.56. The normalized spacial score (nSPS) is 13.2. The molecular weight excluding hydrogens is 432 g/mol. The Kier molecular flexibility index (Phi) is 7.14. The molecule has 1 N–H and O–H groups in total. The number of hydrogen-bond acceptors (Lipinski definition) is 3. The van der Waals surface area contributed by atoms with Gasteiger partial charge in [-0.05, 0) is 30.5 Å². The van der Waals surface area contributed by atoms with Crippen LogP contribution < -0.4 is 10.1 Å². The molecule has 1 amide bonds. The Morgan fingerprint density at radius 2 is 1.41 bits per heavy atom. The van der Waals surface area contributed by atoms with Crippen molar-refractivity contribution < 1.29 is 58.2 Å². The van der Waals surface area contributed by atoms with Crippen LogP contribution in [-0.2, 0) is 16.0 Å². The molecule has 0 aliphatic heterocycles. The summed E-state index contributed by atoms with van der Waals surface area (Å²) in [7, 11) is 0. The number of rotatable bonds is 7. The maximum Gasteiger partial charge on any atom is 0.465 e. The zero-order chi connectivity index (χ0) is 22.7. The molecule has 0 aliphatic rings. The van der Waals surface area contributed by atoms with Crippen molar-refractivity contribution in [1.29, 1.82) is 0 Å². The van der Waals surface area contributed by atoms with Crippen molar-refractivity contribution in [2.24, 2.45) is 0 Å². The fourth-order valence-electron chi connectivity index (χ4n) is 1.79. The number of halogens is 10. The maximum atomic E-state index is 12.8. The summed E-state index contributed by atoms with van der Waals surface area (Å²) in [5.74, 6) is -17.5. The van der Waals surface area contributed by atoms with Crippen molar-refractivity contribution >= 4 is 11.9 Å². The molecule has 14 heteroatoms. The van der Waals surface area contributed by atoms with Gasteiger partial charge in [0.15, 0.2) is 0 Å². The fourth-order valence-corrected chi connectivity index (χ4v) is 1.79. The van der Waals surface area contributed by atoms with Crippen LogP contribution in [0.1, 0.15) is 12.0 Å². The van der Waals surface area contributed by atoms with E-state index >= 15 is 0 Å². The Labute approximate surface area is 155 Å². The second kappa shape index (κ2) is 8.45. The third-order valence-electron chi connectivity index (χ3n) is 3.29. The van der Waals surface area contributed by atoms with Gasteiger partial charge in [-0.2, -0.15) is 43.9 Å². The van der Waals surface area contributed by atoms with E-state index in [2.05, 4.69) is 4.74 Å². The van der Waals surface area contributed by atoms with Gasteiger partial charge in [0.25, 0.3) is 5.91 Å². The number of aryl methyl sites for hydroxylation is 1. The van der Waals surface area contributed by atoms with Gasteiger partial charge in [0.2, 0.25) is 0 Å². The van der Waals surface area contributed by atoms with Gasteiger partial charge in [0, 0.05) is 6.54 Å². The van der Waals surface area contributed by atoms with Gasteiger partial charge in [0.05, 0.1) is 0 Å². The minimum Gasteiger partial charge on any atom is -0.422 e. The van der Waals surface area contributed by atoms with E-state index in [1.165, 1.54) is 11.4 Å². The number of carbonyl (C=O) groups is 2. The van der Waals surface area contributed by atoms with Gasteiger partial charge in [0.1, 0.15) is 5.75 Å². The highest BCUT2D eigenvalue weighted by Crippen LogP contribution is 2.37. The van der Waals surface area contributed by atoms with Crippen molar-refractivity contribution in [1.82, 2.24) is 5.32 Å². The van der Waals surface area contributed by atoms with Crippen molar-refractivity contribution in [3.63, 3.8) is 0 Å². The predicted molar refractivity (Wildman–Crippen MR) is 75.4 cm³/mol. The number of amides is 1. The van der Waals surface area contributed by atoms with Crippen molar-refractivity contribution in [2.45, 2.75) is 37.0 Å². The van der Waals surface area contributed by atoms with Crippen molar-refractivity contribution in [3.05, 3.63) is 29.8 Å². The summed E-state index contributed by atoms with van der Waals surface area (Å²) in [5.41, 5.74) is 0.155. The van der Waals surface area contributed by atoms with Gasteiger partial charge < -0.3 is 10.1 Å². The standard InChI is InChI=1S/C15H11F10NO3/c16-12(17,14(20,21)22)10(27)26-6-2-4-8-3-1-5-9(7-8)29-11(28)13(18,19)15(23,24)25/h1,3,5,7H,2,4,6H2,(H,26,27). The summed E-state index contributed by atoms with van der Waals surface area (Å²) >= 11 is 0. The smallest absolute Gasteiger partial charge is 0.422 e. The quantitative estimate of drug-likeness (QED) is 0.300. The third-order valence-corrected chi connectivity index (χ3v) is 3.29. The van der Waals surface area contributed by atoms with Crippen LogP contribution in [0.15, 0.2) is 24.3 Å². The molecule has 1 aromatic carbocycles. The Morgan fingerprint density at radius 3 is 1.93 bits per heavy atom. The van der Waals surface area contributed by atoms with Gasteiger partial charge in [-0.3, -0.25) is 4.79 Å². The monoisotopic (exact) mass is 443 g/mol. The van der Waals surface area contributed by atoms with E-state index in [-0.39, 0.29) is 18.4 Å². The molecular formula is C15H11F10NO3. The fraction of sp³-hybridized carbons (Fsp3) is 0.467. The van der Waals surface area contributed by atoms with Crippen molar-refractivity contribution in [3.8, 4) is 5.75 Å². The van der Waals surface area contributed by atoms with Gasteiger partial charge in [-0.1, -0.05) is 12.1 Å². The molecule has 29 heavy (non-hydrogen) atoms. The third kappa shape index (κ3) is 5.97. The lowest BCUT2D eigenvalue weighted by Gasteiger charge is -2.18. The molecule has 0 unspecified atom stereocenters. The zero-order valence-corrected chi connectivity index (χ0v) is 13.9. The Bertz CT molecular complexity index is 743. The van der Waals surface area contributed by atoms with Gasteiger partial charge >= 0.3 is 30.2 Å². The summed E-state index contributed by atoms with van der Waals surface area (Å²) in [6, 6.07) is 4.17. The molecule has 0 atom stereocenters. The molecule has 0 radical (unpaired) electrons. The topological polar surface area (TPSA) is 55.4 Å². The molecule has 0 spiro atoms. The van der Waals surface area contributed by atoms with Gasteiger partial charge in [-0.15, -0.1) is 0 Å². The molecule has 4 nitrogen and oxygen atoms in total. The Balaban J connectivity index is 2.63. The number of nitrogens with one attached hydrogen (secondary N) is 1. The lowest BCUT2D eigenvalue weighted by molar-refractivity contribution is -0.276. The highest BCUT2D eigenvalue weighted by atomic mass is 19.4. The molecule has 0 saturated heterocycles. The van der Waals surface area contributed by atoms with Crippen LogP contribution in [0, 0.1) is 0 Å². The van der Waals surface area contributed by atoms with Crippen LogP contribution in [0.2, 0.25) is 0 Å². The van der Waals surface area contributed by atoms with Crippen LogP contribution in [0.25, 0.3) is 0 Å². The van der Waals surface area contributed by atoms with E-state index < -0.39 is 48.4 Å². The first-order valence-corrected chi connectivity index (χ1v) is 7.48. The first-order chi connectivity index (χ1) is 13.0. The molecule has 0 saturated carbocycles. The minimum atomic E-state index is -6.17. The largest absolute Gasteiger partial charge is 0.465 e. The maximum absolute atomic E-state index is 12.8. The molecule has 1 rings (SSSR count). The molecule has 0 bridgehead atoms. The van der Waals surface area contributed by atoms with Crippen LogP contribution in [0.5, 0.6) is 5.75 Å². The predicted octanol–water partition coefficient (Wildman–Crippen LogP) is 4.04. The number of benzene rings is 1. The van der Waals surface area contributed by atoms with Crippen LogP contribution in [0.3, 0.4) is 0 Å². The lowest BCUT2D eigenvalue weighted by atomic mass is 10.1. The second-order valence-corrected chi connectivity index (χ2v) is 5.54. The summed E-state index contributed by atoms with van der Waals surface area (Å²) in [5, 5.41) is 1.36. The van der Waals surface area contributed by atoms with Gasteiger partial charge in [-0.25, -0.2) is 4.79 Å². The number of esters is 1. The number of ether oxygens (including phenoxy) is 1. The average molecular weight is 443 g/mol. The Morgan fingerprint density at radius 1 is 0.862 bits per heavy atom. The number of hydrogen-bond donors (Lipinski definition) is 1. The summed E-state index contributed by atoms with van der Waals surface area (Å²) < 4.78 is 127. The molecule has 164 valence electrons. The molecule has 0 heterocycles. The highest BCUT2D eigenvalue weighted by molar-refractivity contribution is 5.84. The van der Waals surface area contributed by atoms with Crippen LogP contribution >= 0.6 is 0 Å². The van der Waals surface area contributed by atoms with E-state index in [0.29, 0.717) is 0 Å². The first kappa shape index (κ1) is 24.5. The SMILES string of the molecule is O=C(NCCCc1cccc(OC(=O)C(F)(F)C(F)(F)F)c1)C(F)(F)C(F)(F)F. The van der Waals surface area contributed by atoms with E-state index in [1.54, 1.807) is 0 Å². The highest BCUT2D eigenvalue weighted by Gasteiger charge is 2.65. The minimum absolute atomic E-state index is 0.126. The zero-order valence-electron chi connectivity index (χ0n) is 13.9. The summed E-state index contributed by atoms with van der Waals surface area (Å²) in [6.07, 6.45) is -12.6. The molecule has 0 aliphatic carbocycles. The number of carbonyl (C=O) groups excluding carboxylic acids is 2. The first-order valence-electron chi connectivity index (χ1n) is 7.48. The molecule has 0 fully saturated rings. The van der Waals surface area contributed by atoms with Crippen molar-refractivity contribution in [2.75, 3.05) is 6.54 Å². The van der Waals surface area contributed by atoms with Crippen LogP contribution in [0.4, 0.5) is 43.9 Å².